The van der Waals surface area contributed by atoms with Gasteiger partial charge >= 0.3 is 0 Å². The fourth-order valence-electron chi connectivity index (χ4n) is 2.93. The summed E-state index contributed by atoms with van der Waals surface area (Å²) in [5.74, 6) is 1.47. The fraction of sp³-hybridized carbons (Fsp3) is 0.227. The van der Waals surface area contributed by atoms with Gasteiger partial charge in [-0.2, -0.15) is 0 Å². The number of hydrogen-bond acceptors (Lipinski definition) is 7. The number of methoxy groups -OCH3 is 3. The SMILES string of the molecule is COc1ccc(C(C)=O)cc1CC(=O)Nc1nc(-c2ccc(OC)c(OC)c2)cs1. The molecule has 1 N–H and O–H groups in total. The molecule has 0 bridgehead atoms. The second-order valence-corrected chi connectivity index (χ2v) is 7.27. The number of anilines is 1. The number of benzene rings is 2. The van der Waals surface area contributed by atoms with Gasteiger partial charge in [0.2, 0.25) is 5.91 Å². The smallest absolute Gasteiger partial charge is 0.230 e. The van der Waals surface area contributed by atoms with E-state index in [-0.39, 0.29) is 18.1 Å². The third kappa shape index (κ3) is 4.77. The van der Waals surface area contributed by atoms with Gasteiger partial charge in [0.1, 0.15) is 5.75 Å². The van der Waals surface area contributed by atoms with Crippen LogP contribution in [0.5, 0.6) is 17.2 Å². The number of carbonyl (C=O) groups excluding carboxylic acids is 2. The van der Waals surface area contributed by atoms with Crippen molar-refractivity contribution in [1.29, 1.82) is 0 Å². The number of amides is 1. The summed E-state index contributed by atoms with van der Waals surface area (Å²) >= 11 is 1.32. The highest BCUT2D eigenvalue weighted by Gasteiger charge is 2.14. The van der Waals surface area contributed by atoms with E-state index in [1.54, 1.807) is 38.5 Å². The minimum atomic E-state index is -0.248. The van der Waals surface area contributed by atoms with E-state index >= 15 is 0 Å². The Bertz CT molecular complexity index is 1080. The molecule has 0 radical (unpaired) electrons. The van der Waals surface area contributed by atoms with Crippen molar-refractivity contribution >= 4 is 28.2 Å². The van der Waals surface area contributed by atoms with Gasteiger partial charge in [-0.05, 0) is 43.3 Å². The Morgan fingerprint density at radius 3 is 2.33 bits per heavy atom. The van der Waals surface area contributed by atoms with E-state index in [9.17, 15) is 9.59 Å². The highest BCUT2D eigenvalue weighted by Crippen LogP contribution is 2.33. The van der Waals surface area contributed by atoms with Gasteiger partial charge in [0.25, 0.3) is 0 Å². The van der Waals surface area contributed by atoms with E-state index in [0.29, 0.717) is 39.2 Å². The summed E-state index contributed by atoms with van der Waals surface area (Å²) in [4.78, 5) is 28.7. The van der Waals surface area contributed by atoms with Crippen LogP contribution in [0.25, 0.3) is 11.3 Å². The van der Waals surface area contributed by atoms with Gasteiger partial charge < -0.3 is 19.5 Å². The molecule has 0 spiro atoms. The summed E-state index contributed by atoms with van der Waals surface area (Å²) in [6.45, 7) is 1.48. The third-order valence-electron chi connectivity index (χ3n) is 4.47. The minimum Gasteiger partial charge on any atom is -0.496 e. The van der Waals surface area contributed by atoms with Crippen LogP contribution in [0, 0.1) is 0 Å². The van der Waals surface area contributed by atoms with Gasteiger partial charge in [0, 0.05) is 22.1 Å². The number of ether oxygens (including phenoxy) is 3. The molecule has 1 heterocycles. The topological polar surface area (TPSA) is 86.8 Å². The van der Waals surface area contributed by atoms with Crippen molar-refractivity contribution in [2.45, 2.75) is 13.3 Å². The first-order valence-corrected chi connectivity index (χ1v) is 9.98. The Kier molecular flexibility index (Phi) is 6.68. The maximum Gasteiger partial charge on any atom is 0.230 e. The van der Waals surface area contributed by atoms with Crippen molar-refractivity contribution in [2.24, 2.45) is 0 Å². The lowest BCUT2D eigenvalue weighted by molar-refractivity contribution is -0.115. The molecule has 0 atom stereocenters. The molecule has 0 fully saturated rings. The molecule has 2 aromatic carbocycles. The first kappa shape index (κ1) is 21.3. The lowest BCUT2D eigenvalue weighted by Crippen LogP contribution is -2.15. The maximum absolute atomic E-state index is 12.5. The van der Waals surface area contributed by atoms with Crippen LogP contribution in [0.1, 0.15) is 22.8 Å². The molecule has 0 saturated heterocycles. The van der Waals surface area contributed by atoms with Crippen molar-refractivity contribution in [2.75, 3.05) is 26.6 Å². The van der Waals surface area contributed by atoms with Gasteiger partial charge in [0.05, 0.1) is 33.4 Å². The Morgan fingerprint density at radius 2 is 1.67 bits per heavy atom. The van der Waals surface area contributed by atoms with Gasteiger partial charge in [-0.25, -0.2) is 4.98 Å². The quantitative estimate of drug-likeness (QED) is 0.543. The molecule has 1 aromatic heterocycles. The van der Waals surface area contributed by atoms with Gasteiger partial charge in [-0.1, -0.05) is 0 Å². The van der Waals surface area contributed by atoms with Crippen LogP contribution in [-0.2, 0) is 11.2 Å². The standard InChI is InChI=1S/C22H22N2O5S/c1-13(25)14-5-7-18(27-2)16(9-14)11-21(26)24-22-23-17(12-30-22)15-6-8-19(28-3)20(10-15)29-4/h5-10,12H,11H2,1-4H3,(H,23,24,26). The number of nitrogens with zero attached hydrogens (tertiary/aromatic N) is 1. The van der Waals surface area contributed by atoms with Crippen LogP contribution < -0.4 is 19.5 Å². The first-order chi connectivity index (χ1) is 14.4. The molecule has 0 unspecified atom stereocenters. The highest BCUT2D eigenvalue weighted by atomic mass is 32.1. The Hall–Kier alpha value is -3.39. The van der Waals surface area contributed by atoms with E-state index < -0.39 is 0 Å². The van der Waals surface area contributed by atoms with Crippen LogP contribution in [0.3, 0.4) is 0 Å². The van der Waals surface area contributed by atoms with Crippen LogP contribution in [-0.4, -0.2) is 38.0 Å². The zero-order valence-electron chi connectivity index (χ0n) is 17.1. The van der Waals surface area contributed by atoms with E-state index in [1.165, 1.54) is 25.4 Å². The Morgan fingerprint density at radius 1 is 0.967 bits per heavy atom. The summed E-state index contributed by atoms with van der Waals surface area (Å²) in [5.41, 5.74) is 2.73. The molecule has 3 aromatic rings. The molecule has 156 valence electrons. The van der Waals surface area contributed by atoms with Crippen molar-refractivity contribution in [3.05, 3.63) is 52.9 Å². The number of carbonyl (C=O) groups is 2. The predicted octanol–water partition coefficient (Wildman–Crippen LogP) is 4.22. The second kappa shape index (κ2) is 9.41. The summed E-state index contributed by atoms with van der Waals surface area (Å²) in [7, 11) is 4.68. The molecule has 7 nitrogen and oxygen atoms in total. The zero-order chi connectivity index (χ0) is 21.7. The van der Waals surface area contributed by atoms with E-state index in [1.807, 2.05) is 17.5 Å². The van der Waals surface area contributed by atoms with Crippen molar-refractivity contribution in [3.8, 4) is 28.5 Å². The molecular weight excluding hydrogens is 404 g/mol. The highest BCUT2D eigenvalue weighted by molar-refractivity contribution is 7.14. The van der Waals surface area contributed by atoms with E-state index in [4.69, 9.17) is 14.2 Å². The lowest BCUT2D eigenvalue weighted by Gasteiger charge is -2.09. The van der Waals surface area contributed by atoms with Gasteiger partial charge in [0.15, 0.2) is 22.4 Å². The average molecular weight is 426 g/mol. The van der Waals surface area contributed by atoms with Crippen LogP contribution >= 0.6 is 11.3 Å². The number of rotatable bonds is 8. The minimum absolute atomic E-state index is 0.0650. The molecular formula is C22H22N2O5S. The molecule has 3 rings (SSSR count). The number of hydrogen-bond donors (Lipinski definition) is 1. The Labute approximate surface area is 178 Å². The first-order valence-electron chi connectivity index (χ1n) is 9.10. The third-order valence-corrected chi connectivity index (χ3v) is 5.23. The van der Waals surface area contributed by atoms with E-state index in [2.05, 4.69) is 10.3 Å². The maximum atomic E-state index is 12.5. The van der Waals surface area contributed by atoms with Crippen LogP contribution in [0.4, 0.5) is 5.13 Å². The summed E-state index contributed by atoms with van der Waals surface area (Å²) < 4.78 is 15.9. The largest absolute Gasteiger partial charge is 0.496 e. The second-order valence-electron chi connectivity index (χ2n) is 6.42. The normalized spacial score (nSPS) is 10.4. The molecule has 0 aliphatic heterocycles. The Balaban J connectivity index is 1.74. The molecule has 0 saturated carbocycles. The number of aromatic nitrogens is 1. The number of ketones is 1. The predicted molar refractivity (Wildman–Crippen MR) is 116 cm³/mol. The van der Waals surface area contributed by atoms with Crippen molar-refractivity contribution in [3.63, 3.8) is 0 Å². The van der Waals surface area contributed by atoms with Crippen LogP contribution in [0.2, 0.25) is 0 Å². The van der Waals surface area contributed by atoms with Gasteiger partial charge in [-0.3, -0.25) is 9.59 Å². The van der Waals surface area contributed by atoms with E-state index in [0.717, 1.165) is 5.56 Å². The van der Waals surface area contributed by atoms with Crippen molar-refractivity contribution in [1.82, 2.24) is 4.98 Å². The molecule has 0 aliphatic rings. The molecule has 1 amide bonds. The molecule has 8 heteroatoms. The molecule has 0 aliphatic carbocycles. The lowest BCUT2D eigenvalue weighted by atomic mass is 10.0. The monoisotopic (exact) mass is 426 g/mol. The number of thiazole rings is 1. The van der Waals surface area contributed by atoms with Crippen molar-refractivity contribution < 1.29 is 23.8 Å². The fourth-order valence-corrected chi connectivity index (χ4v) is 3.67. The van der Waals surface area contributed by atoms with Crippen LogP contribution in [0.15, 0.2) is 41.8 Å². The zero-order valence-corrected chi connectivity index (χ0v) is 18.0. The number of nitrogens with one attached hydrogen (secondary N) is 1. The molecule has 30 heavy (non-hydrogen) atoms. The average Bonchev–Trinajstić information content (AvgIpc) is 3.21. The summed E-state index contributed by atoms with van der Waals surface area (Å²) in [6, 6.07) is 10.6. The number of Topliss-reactive ketones (excluding diaryl/α,β-unsaturated/α-hetero) is 1. The summed E-state index contributed by atoms with van der Waals surface area (Å²) in [6.07, 6.45) is 0.0650. The summed E-state index contributed by atoms with van der Waals surface area (Å²) in [5, 5.41) is 5.14. The van der Waals surface area contributed by atoms with Gasteiger partial charge in [-0.15, -0.1) is 11.3 Å².